The van der Waals surface area contributed by atoms with E-state index in [1.54, 1.807) is 6.21 Å². The van der Waals surface area contributed by atoms with Gasteiger partial charge in [0.15, 0.2) is 0 Å². The number of aryl methyl sites for hydroxylation is 2. The molecule has 0 amide bonds. The third kappa shape index (κ3) is 8.87. The van der Waals surface area contributed by atoms with Crippen LogP contribution in [0.2, 0.25) is 0 Å². The second-order valence-electron chi connectivity index (χ2n) is 5.96. The molecular weight excluding hydrogens is 332 g/mol. The van der Waals surface area contributed by atoms with Gasteiger partial charge in [-0.2, -0.15) is 0 Å². The van der Waals surface area contributed by atoms with E-state index in [1.165, 1.54) is 7.11 Å². The van der Waals surface area contributed by atoms with Gasteiger partial charge in [-0.05, 0) is 51.1 Å². The Morgan fingerprint density at radius 2 is 1.73 bits per heavy atom. The molecule has 0 saturated heterocycles. The summed E-state index contributed by atoms with van der Waals surface area (Å²) in [6, 6.07) is 4.04. The summed E-state index contributed by atoms with van der Waals surface area (Å²) in [5, 5.41) is 3.62. The molecule has 0 N–H and O–H groups in total. The van der Waals surface area contributed by atoms with Gasteiger partial charge in [0, 0.05) is 13.1 Å². The lowest BCUT2D eigenvalue weighted by Crippen LogP contribution is -2.28. The van der Waals surface area contributed by atoms with Crippen LogP contribution in [-0.4, -0.2) is 64.8 Å². The molecule has 0 bridgehead atoms. The second-order valence-corrected chi connectivity index (χ2v) is 5.96. The molecule has 1 aromatic rings. The van der Waals surface area contributed by atoms with E-state index in [4.69, 9.17) is 14.2 Å². The van der Waals surface area contributed by atoms with Crippen molar-refractivity contribution in [2.45, 2.75) is 20.8 Å². The molecule has 0 aromatic heterocycles. The number of benzene rings is 1. The topological polar surface area (TPSA) is 52.5 Å². The number of allylic oxidation sites excluding steroid dienone is 1. The lowest BCUT2D eigenvalue weighted by molar-refractivity contribution is 0.132. The van der Waals surface area contributed by atoms with Gasteiger partial charge in [0.25, 0.3) is 0 Å². The van der Waals surface area contributed by atoms with Gasteiger partial charge < -0.3 is 23.9 Å². The second kappa shape index (κ2) is 13.2. The minimum Gasteiger partial charge on any atom is -0.492 e. The molecule has 26 heavy (non-hydrogen) atoms. The first-order valence-electron chi connectivity index (χ1n) is 8.87. The fraction of sp³-hybridized carbons (Fsp3) is 0.550. The van der Waals surface area contributed by atoms with Gasteiger partial charge in [-0.15, -0.1) is 0 Å². The summed E-state index contributed by atoms with van der Waals surface area (Å²) in [6.07, 6.45) is 5.56. The molecule has 0 aliphatic heterocycles. The molecule has 1 rings (SSSR count). The molecule has 0 saturated carbocycles. The number of ether oxygens (including phenoxy) is 3. The predicted molar refractivity (Wildman–Crippen MR) is 106 cm³/mol. The molecule has 0 fully saturated rings. The van der Waals surface area contributed by atoms with E-state index in [1.807, 2.05) is 52.1 Å². The Hall–Kier alpha value is -2.05. The molecule has 0 spiro atoms. The fourth-order valence-corrected chi connectivity index (χ4v) is 2.34. The number of hydrogen-bond donors (Lipinski definition) is 0. The molecule has 0 radical (unpaired) electrons. The predicted octanol–water partition coefficient (Wildman–Crippen LogP) is 3.22. The van der Waals surface area contributed by atoms with Crippen LogP contribution in [0.4, 0.5) is 0 Å². The van der Waals surface area contributed by atoms with Crippen molar-refractivity contribution in [2.24, 2.45) is 5.16 Å². The zero-order valence-electron chi connectivity index (χ0n) is 16.7. The number of oxime groups is 1. The van der Waals surface area contributed by atoms with E-state index in [-0.39, 0.29) is 0 Å². The summed E-state index contributed by atoms with van der Waals surface area (Å²) in [6.45, 7) is 10.0. The Bertz CT molecular complexity index is 550. The number of likely N-dealkylation sites (N-methyl/N-ethyl adjacent to an activating group) is 1. The molecule has 0 heterocycles. The van der Waals surface area contributed by atoms with Crippen LogP contribution in [0.25, 0.3) is 0 Å². The average Bonchev–Trinajstić information content (AvgIpc) is 2.60. The van der Waals surface area contributed by atoms with Crippen LogP contribution in [0.1, 0.15) is 18.1 Å². The quantitative estimate of drug-likeness (QED) is 0.233. The molecule has 0 aliphatic rings. The van der Waals surface area contributed by atoms with Crippen molar-refractivity contribution in [1.82, 2.24) is 4.90 Å². The van der Waals surface area contributed by atoms with Crippen molar-refractivity contribution < 1.29 is 19.0 Å². The molecule has 0 atom stereocenters. The van der Waals surface area contributed by atoms with Crippen LogP contribution in [0.5, 0.6) is 11.5 Å². The van der Waals surface area contributed by atoms with E-state index in [0.717, 1.165) is 35.7 Å². The van der Waals surface area contributed by atoms with Gasteiger partial charge in [0.1, 0.15) is 31.8 Å². The first kappa shape index (κ1) is 22.0. The molecule has 6 heteroatoms. The molecule has 6 nitrogen and oxygen atoms in total. The van der Waals surface area contributed by atoms with E-state index >= 15 is 0 Å². The van der Waals surface area contributed by atoms with Crippen LogP contribution < -0.4 is 9.47 Å². The van der Waals surface area contributed by atoms with Gasteiger partial charge in [0.05, 0.1) is 19.4 Å². The summed E-state index contributed by atoms with van der Waals surface area (Å²) in [7, 11) is 3.56. The largest absolute Gasteiger partial charge is 0.492 e. The summed E-state index contributed by atoms with van der Waals surface area (Å²) in [4.78, 5) is 6.74. The normalized spacial score (nSPS) is 11.6. The molecular formula is C20H32N2O4. The van der Waals surface area contributed by atoms with Crippen LogP contribution in [0.15, 0.2) is 29.4 Å². The Morgan fingerprint density at radius 1 is 1.04 bits per heavy atom. The van der Waals surface area contributed by atoms with E-state index in [2.05, 4.69) is 14.9 Å². The van der Waals surface area contributed by atoms with Crippen molar-refractivity contribution >= 4 is 6.21 Å². The number of nitrogens with zero attached hydrogens (tertiary/aromatic N) is 2. The number of hydrogen-bond acceptors (Lipinski definition) is 6. The zero-order chi connectivity index (χ0) is 19.2. The van der Waals surface area contributed by atoms with Gasteiger partial charge in [0.2, 0.25) is 0 Å². The van der Waals surface area contributed by atoms with Crippen molar-refractivity contribution in [2.75, 3.05) is 53.7 Å². The van der Waals surface area contributed by atoms with E-state index < -0.39 is 0 Å². The highest BCUT2D eigenvalue weighted by Crippen LogP contribution is 2.28. The maximum absolute atomic E-state index is 5.99. The highest BCUT2D eigenvalue weighted by Gasteiger charge is 2.08. The first-order valence-corrected chi connectivity index (χ1v) is 8.87. The third-order valence-electron chi connectivity index (χ3n) is 3.72. The van der Waals surface area contributed by atoms with Crippen LogP contribution in [0.3, 0.4) is 0 Å². The lowest BCUT2D eigenvalue weighted by Gasteiger charge is -2.18. The van der Waals surface area contributed by atoms with Crippen molar-refractivity contribution in [3.8, 4) is 11.5 Å². The maximum atomic E-state index is 5.99. The zero-order valence-corrected chi connectivity index (χ0v) is 16.7. The summed E-state index contributed by atoms with van der Waals surface area (Å²) < 4.78 is 17.1. The summed E-state index contributed by atoms with van der Waals surface area (Å²) >= 11 is 0. The molecule has 0 aliphatic carbocycles. The average molecular weight is 364 g/mol. The smallest absolute Gasteiger partial charge is 0.125 e. The lowest BCUT2D eigenvalue weighted by atomic mass is 10.1. The highest BCUT2D eigenvalue weighted by atomic mass is 16.6. The standard InChI is InChI=1S/C20H32N2O4/c1-6-7-11-25-19-15-17(2)20(18(3)16-19)26-14-10-22(4)9-13-24-12-8-21-23-5/h6-8,15-16H,9-14H2,1-5H3/b7-6+,21-8?. The van der Waals surface area contributed by atoms with Crippen molar-refractivity contribution in [1.29, 1.82) is 0 Å². The Kier molecular flexibility index (Phi) is 11.2. The van der Waals surface area contributed by atoms with Crippen molar-refractivity contribution in [3.63, 3.8) is 0 Å². The molecule has 0 unspecified atom stereocenters. The van der Waals surface area contributed by atoms with Gasteiger partial charge in [-0.1, -0.05) is 17.3 Å². The fourth-order valence-electron chi connectivity index (χ4n) is 2.34. The SMILES string of the molecule is C/C=C/COc1cc(C)c(OCCN(C)CCOCC=NOC)c(C)c1. The monoisotopic (exact) mass is 364 g/mol. The summed E-state index contributed by atoms with van der Waals surface area (Å²) in [5.41, 5.74) is 2.17. The van der Waals surface area contributed by atoms with E-state index in [0.29, 0.717) is 26.4 Å². The minimum absolute atomic E-state index is 0.457. The number of rotatable bonds is 13. The van der Waals surface area contributed by atoms with Crippen LogP contribution in [0, 0.1) is 13.8 Å². The highest BCUT2D eigenvalue weighted by molar-refractivity contribution is 5.57. The maximum Gasteiger partial charge on any atom is 0.125 e. The summed E-state index contributed by atoms with van der Waals surface area (Å²) in [5.74, 6) is 1.81. The van der Waals surface area contributed by atoms with Crippen molar-refractivity contribution in [3.05, 3.63) is 35.4 Å². The van der Waals surface area contributed by atoms with E-state index in [9.17, 15) is 0 Å². The Labute approximate surface area is 157 Å². The molecule has 146 valence electrons. The minimum atomic E-state index is 0.457. The Balaban J connectivity index is 2.34. The van der Waals surface area contributed by atoms with Crippen LogP contribution in [-0.2, 0) is 9.57 Å². The Morgan fingerprint density at radius 3 is 2.38 bits per heavy atom. The van der Waals surface area contributed by atoms with Gasteiger partial charge in [-0.3, -0.25) is 0 Å². The third-order valence-corrected chi connectivity index (χ3v) is 3.72. The first-order chi connectivity index (χ1) is 12.6. The van der Waals surface area contributed by atoms with Crippen LogP contribution >= 0.6 is 0 Å². The van der Waals surface area contributed by atoms with Gasteiger partial charge >= 0.3 is 0 Å². The van der Waals surface area contributed by atoms with Gasteiger partial charge in [-0.25, -0.2) is 0 Å². The molecule has 1 aromatic carbocycles.